The minimum Gasteiger partial charge on any atom is -0.458 e. The van der Waals surface area contributed by atoms with E-state index in [1.807, 2.05) is 30.3 Å². The molecule has 0 saturated carbocycles. The van der Waals surface area contributed by atoms with Crippen LogP contribution in [0.2, 0.25) is 0 Å². The molecular weight excluding hydrogens is 392 g/mol. The number of benzene rings is 2. The lowest BCUT2D eigenvalue weighted by atomic mass is 9.92. The summed E-state index contributed by atoms with van der Waals surface area (Å²) in [6.45, 7) is 0.433. The second kappa shape index (κ2) is 6.45. The standard InChI is InChI=1S/C21H16N2O5S/c24-17-14-8-4-5-9-15(14)18(25)23(17)16-19(26)22-10-11-29-21(16,22)20(27)28-12-13-6-2-1-3-7-13/h1-9,16H,10-12H2/t16-,21+/m1/s1. The van der Waals surface area contributed by atoms with Gasteiger partial charge in [-0.05, 0) is 17.7 Å². The Balaban J connectivity index is 1.45. The molecule has 2 fully saturated rings. The summed E-state index contributed by atoms with van der Waals surface area (Å²) in [7, 11) is 0. The molecule has 5 rings (SSSR count). The van der Waals surface area contributed by atoms with Gasteiger partial charge in [-0.2, -0.15) is 0 Å². The van der Waals surface area contributed by atoms with Gasteiger partial charge in [-0.15, -0.1) is 11.8 Å². The van der Waals surface area contributed by atoms with Crippen molar-refractivity contribution in [3.8, 4) is 0 Å². The summed E-state index contributed by atoms with van der Waals surface area (Å²) >= 11 is 1.25. The maximum Gasteiger partial charge on any atom is 0.345 e. The lowest BCUT2D eigenvalue weighted by Gasteiger charge is -2.52. The maximum atomic E-state index is 13.1. The zero-order valence-electron chi connectivity index (χ0n) is 15.2. The van der Waals surface area contributed by atoms with Crippen LogP contribution in [0.5, 0.6) is 0 Å². The molecule has 7 nitrogen and oxygen atoms in total. The number of β-lactam (4-membered cyclic amide) rings is 1. The molecule has 2 saturated heterocycles. The van der Waals surface area contributed by atoms with Crippen LogP contribution < -0.4 is 0 Å². The molecule has 146 valence electrons. The molecule has 2 atom stereocenters. The van der Waals surface area contributed by atoms with Crippen molar-refractivity contribution in [2.75, 3.05) is 12.3 Å². The zero-order valence-corrected chi connectivity index (χ0v) is 16.1. The molecule has 2 aromatic rings. The number of hydrogen-bond acceptors (Lipinski definition) is 6. The molecule has 0 radical (unpaired) electrons. The van der Waals surface area contributed by atoms with Gasteiger partial charge in [0.1, 0.15) is 6.61 Å². The molecule has 2 aromatic carbocycles. The van der Waals surface area contributed by atoms with Crippen LogP contribution in [0.3, 0.4) is 0 Å². The van der Waals surface area contributed by atoms with Crippen molar-refractivity contribution in [1.82, 2.24) is 9.80 Å². The van der Waals surface area contributed by atoms with E-state index >= 15 is 0 Å². The Kier molecular flexibility index (Phi) is 3.99. The van der Waals surface area contributed by atoms with Gasteiger partial charge in [-0.25, -0.2) is 4.79 Å². The molecule has 8 heteroatoms. The Morgan fingerprint density at radius 1 is 1.00 bits per heavy atom. The van der Waals surface area contributed by atoms with Crippen LogP contribution in [0, 0.1) is 0 Å². The van der Waals surface area contributed by atoms with Crippen molar-refractivity contribution in [2.24, 2.45) is 0 Å². The molecule has 0 spiro atoms. The summed E-state index contributed by atoms with van der Waals surface area (Å²) in [5, 5.41) is 0. The van der Waals surface area contributed by atoms with Gasteiger partial charge in [0.15, 0.2) is 6.04 Å². The van der Waals surface area contributed by atoms with Crippen molar-refractivity contribution in [1.29, 1.82) is 0 Å². The van der Waals surface area contributed by atoms with E-state index in [4.69, 9.17) is 4.74 Å². The topological polar surface area (TPSA) is 84.0 Å². The fourth-order valence-corrected chi connectivity index (χ4v) is 5.58. The Labute approximate surface area is 170 Å². The predicted octanol–water partition coefficient (Wildman–Crippen LogP) is 1.68. The van der Waals surface area contributed by atoms with Gasteiger partial charge in [0.2, 0.25) is 4.87 Å². The highest BCUT2D eigenvalue weighted by Crippen LogP contribution is 2.51. The number of thioether (sulfide) groups is 1. The van der Waals surface area contributed by atoms with Gasteiger partial charge in [-0.3, -0.25) is 19.3 Å². The summed E-state index contributed by atoms with van der Waals surface area (Å²) in [6.07, 6.45) is 0. The summed E-state index contributed by atoms with van der Waals surface area (Å²) in [5.41, 5.74) is 1.31. The number of ether oxygens (including phenoxy) is 1. The zero-order chi connectivity index (χ0) is 20.2. The van der Waals surface area contributed by atoms with E-state index in [-0.39, 0.29) is 17.7 Å². The summed E-state index contributed by atoms with van der Waals surface area (Å²) < 4.78 is 5.52. The van der Waals surface area contributed by atoms with Gasteiger partial charge < -0.3 is 9.64 Å². The van der Waals surface area contributed by atoms with Crippen molar-refractivity contribution in [2.45, 2.75) is 17.5 Å². The molecule has 0 aromatic heterocycles. The fourth-order valence-electron chi connectivity index (χ4n) is 4.12. The van der Waals surface area contributed by atoms with Crippen LogP contribution in [-0.4, -0.2) is 56.7 Å². The fraction of sp³-hybridized carbons (Fsp3) is 0.238. The Morgan fingerprint density at radius 3 is 2.28 bits per heavy atom. The quantitative estimate of drug-likeness (QED) is 0.435. The highest BCUT2D eigenvalue weighted by atomic mass is 32.2. The molecule has 0 unspecified atom stereocenters. The minimum atomic E-state index is -1.38. The number of esters is 1. The van der Waals surface area contributed by atoms with Gasteiger partial charge >= 0.3 is 5.97 Å². The monoisotopic (exact) mass is 408 g/mol. The third-order valence-electron chi connectivity index (χ3n) is 5.50. The Hall–Kier alpha value is -3.13. The first-order chi connectivity index (χ1) is 14.1. The van der Waals surface area contributed by atoms with E-state index < -0.39 is 34.6 Å². The molecule has 0 aliphatic carbocycles. The average molecular weight is 408 g/mol. The Bertz CT molecular complexity index is 1020. The smallest absolute Gasteiger partial charge is 0.345 e. The van der Waals surface area contributed by atoms with E-state index in [2.05, 4.69) is 0 Å². The van der Waals surface area contributed by atoms with Crippen molar-refractivity contribution < 1.29 is 23.9 Å². The van der Waals surface area contributed by atoms with Crippen LogP contribution >= 0.6 is 11.8 Å². The van der Waals surface area contributed by atoms with Crippen LogP contribution in [-0.2, 0) is 20.9 Å². The molecule has 29 heavy (non-hydrogen) atoms. The molecule has 0 bridgehead atoms. The van der Waals surface area contributed by atoms with E-state index in [0.717, 1.165) is 10.5 Å². The first-order valence-corrected chi connectivity index (χ1v) is 10.2. The van der Waals surface area contributed by atoms with Gasteiger partial charge in [0, 0.05) is 12.3 Å². The number of nitrogens with zero attached hydrogens (tertiary/aromatic N) is 2. The van der Waals surface area contributed by atoms with Crippen molar-refractivity contribution in [3.05, 3.63) is 71.3 Å². The average Bonchev–Trinajstić information content (AvgIpc) is 3.26. The van der Waals surface area contributed by atoms with Crippen LogP contribution in [0.15, 0.2) is 54.6 Å². The largest absolute Gasteiger partial charge is 0.458 e. The van der Waals surface area contributed by atoms with Gasteiger partial charge in [0.05, 0.1) is 11.1 Å². The van der Waals surface area contributed by atoms with E-state index in [1.165, 1.54) is 16.7 Å². The van der Waals surface area contributed by atoms with Crippen LogP contribution in [0.1, 0.15) is 26.3 Å². The minimum absolute atomic E-state index is 0.0544. The van der Waals surface area contributed by atoms with Gasteiger partial charge in [-0.1, -0.05) is 42.5 Å². The van der Waals surface area contributed by atoms with E-state index in [0.29, 0.717) is 12.3 Å². The first kappa shape index (κ1) is 17.9. The normalized spacial score (nSPS) is 25.0. The molecule has 3 aliphatic rings. The number of carbonyl (C=O) groups is 4. The van der Waals surface area contributed by atoms with E-state index in [1.54, 1.807) is 24.3 Å². The van der Waals surface area contributed by atoms with Crippen molar-refractivity contribution >= 4 is 35.5 Å². The number of carbonyl (C=O) groups excluding carboxylic acids is 4. The number of fused-ring (bicyclic) bond motifs is 2. The second-order valence-electron chi connectivity index (χ2n) is 7.02. The number of rotatable bonds is 4. The van der Waals surface area contributed by atoms with Gasteiger partial charge in [0.25, 0.3) is 17.7 Å². The van der Waals surface area contributed by atoms with Crippen LogP contribution in [0.25, 0.3) is 0 Å². The number of hydrogen-bond donors (Lipinski definition) is 0. The number of imide groups is 1. The third-order valence-corrected chi connectivity index (χ3v) is 6.93. The third kappa shape index (κ3) is 2.38. The maximum absolute atomic E-state index is 13.1. The predicted molar refractivity (Wildman–Crippen MR) is 104 cm³/mol. The lowest BCUT2D eigenvalue weighted by molar-refractivity contribution is -0.176. The second-order valence-corrected chi connectivity index (χ2v) is 8.34. The lowest BCUT2D eigenvalue weighted by Crippen LogP contribution is -2.79. The summed E-state index contributed by atoms with van der Waals surface area (Å²) in [6, 6.07) is 14.5. The van der Waals surface area contributed by atoms with Crippen LogP contribution in [0.4, 0.5) is 0 Å². The molecule has 0 N–H and O–H groups in total. The molecular formula is C21H16N2O5S. The SMILES string of the molecule is O=C1c2ccccc2C(=O)N1[C@@H]1C(=O)N2CCS[C@]12C(=O)OCc1ccccc1. The highest BCUT2D eigenvalue weighted by Gasteiger charge is 2.73. The van der Waals surface area contributed by atoms with Crippen molar-refractivity contribution in [3.63, 3.8) is 0 Å². The molecule has 3 heterocycles. The molecule has 3 aliphatic heterocycles. The summed E-state index contributed by atoms with van der Waals surface area (Å²) in [4.78, 5) is 52.7. The Morgan fingerprint density at radius 2 is 1.62 bits per heavy atom. The molecule has 3 amide bonds. The highest BCUT2D eigenvalue weighted by molar-refractivity contribution is 8.01. The van der Waals surface area contributed by atoms with E-state index in [9.17, 15) is 19.2 Å². The first-order valence-electron chi connectivity index (χ1n) is 9.19. The number of amides is 3. The summed E-state index contributed by atoms with van der Waals surface area (Å²) in [5.74, 6) is -1.57.